The summed E-state index contributed by atoms with van der Waals surface area (Å²) < 4.78 is 0. The fourth-order valence-corrected chi connectivity index (χ4v) is 2.98. The smallest absolute Gasteiger partial charge is 0.273 e. The molecule has 3 rings (SSSR count). The Morgan fingerprint density at radius 2 is 1.75 bits per heavy atom. The number of hydrogen-bond acceptors (Lipinski definition) is 4. The van der Waals surface area contributed by atoms with Gasteiger partial charge in [-0.15, -0.1) is 0 Å². The first kappa shape index (κ1) is 19.5. The average Bonchev–Trinajstić information content (AvgIpc) is 2.72. The SMILES string of the molecule is Cc1ccccc1CNc1cc(C(=O)N(Cc2ccccc2)C(C)C)ncn1. The summed E-state index contributed by atoms with van der Waals surface area (Å²) in [6.07, 6.45) is 1.44. The fourth-order valence-electron chi connectivity index (χ4n) is 2.98. The van der Waals surface area contributed by atoms with E-state index in [1.807, 2.05) is 61.2 Å². The molecule has 3 aromatic rings. The molecule has 0 fully saturated rings. The van der Waals surface area contributed by atoms with Crippen LogP contribution in [0.1, 0.15) is 41.0 Å². The summed E-state index contributed by atoms with van der Waals surface area (Å²) in [4.78, 5) is 23.4. The Morgan fingerprint density at radius 1 is 1.04 bits per heavy atom. The summed E-state index contributed by atoms with van der Waals surface area (Å²) in [6.45, 7) is 7.30. The Hall–Kier alpha value is -3.21. The van der Waals surface area contributed by atoms with Crippen molar-refractivity contribution in [2.75, 3.05) is 5.32 Å². The molecular formula is C23H26N4O. The van der Waals surface area contributed by atoms with Gasteiger partial charge in [-0.1, -0.05) is 54.6 Å². The number of nitrogens with one attached hydrogen (secondary N) is 1. The van der Waals surface area contributed by atoms with E-state index in [1.165, 1.54) is 17.5 Å². The van der Waals surface area contributed by atoms with Gasteiger partial charge in [0.05, 0.1) is 0 Å². The van der Waals surface area contributed by atoms with Gasteiger partial charge in [0.15, 0.2) is 0 Å². The molecule has 1 heterocycles. The summed E-state index contributed by atoms with van der Waals surface area (Å²) in [5.74, 6) is 0.546. The lowest BCUT2D eigenvalue weighted by Gasteiger charge is -2.26. The predicted octanol–water partition coefficient (Wildman–Crippen LogP) is 4.45. The monoisotopic (exact) mass is 374 g/mol. The van der Waals surface area contributed by atoms with Gasteiger partial charge in [-0.05, 0) is 37.5 Å². The highest BCUT2D eigenvalue weighted by atomic mass is 16.2. The number of amides is 1. The van der Waals surface area contributed by atoms with Crippen LogP contribution in [-0.4, -0.2) is 26.8 Å². The van der Waals surface area contributed by atoms with E-state index >= 15 is 0 Å². The highest BCUT2D eigenvalue weighted by Crippen LogP contribution is 2.15. The lowest BCUT2D eigenvalue weighted by Crippen LogP contribution is -2.36. The van der Waals surface area contributed by atoms with Crippen LogP contribution < -0.4 is 5.32 Å². The van der Waals surface area contributed by atoms with E-state index in [4.69, 9.17) is 0 Å². The zero-order valence-electron chi connectivity index (χ0n) is 16.6. The van der Waals surface area contributed by atoms with Crippen molar-refractivity contribution in [3.05, 3.63) is 89.4 Å². The molecular weight excluding hydrogens is 348 g/mol. The lowest BCUT2D eigenvalue weighted by atomic mass is 10.1. The molecule has 0 saturated carbocycles. The predicted molar refractivity (Wildman–Crippen MR) is 112 cm³/mol. The Balaban J connectivity index is 1.73. The van der Waals surface area contributed by atoms with Gasteiger partial charge < -0.3 is 10.2 Å². The van der Waals surface area contributed by atoms with E-state index in [9.17, 15) is 4.79 Å². The van der Waals surface area contributed by atoms with E-state index in [0.29, 0.717) is 24.6 Å². The Bertz CT molecular complexity index is 925. The van der Waals surface area contributed by atoms with E-state index in [-0.39, 0.29) is 11.9 Å². The minimum absolute atomic E-state index is 0.0612. The number of benzene rings is 2. The van der Waals surface area contributed by atoms with Gasteiger partial charge in [-0.2, -0.15) is 0 Å². The number of carbonyl (C=O) groups excluding carboxylic acids is 1. The highest BCUT2D eigenvalue weighted by molar-refractivity contribution is 5.93. The van der Waals surface area contributed by atoms with Gasteiger partial charge in [0, 0.05) is 25.2 Å². The van der Waals surface area contributed by atoms with Gasteiger partial charge in [0.25, 0.3) is 5.91 Å². The summed E-state index contributed by atoms with van der Waals surface area (Å²) in [5.41, 5.74) is 3.90. The van der Waals surface area contributed by atoms with Crippen LogP contribution in [0.2, 0.25) is 0 Å². The number of rotatable bonds is 7. The van der Waals surface area contributed by atoms with Crippen LogP contribution in [0.3, 0.4) is 0 Å². The van der Waals surface area contributed by atoms with Crippen LogP contribution in [0, 0.1) is 6.92 Å². The molecule has 1 amide bonds. The molecule has 144 valence electrons. The molecule has 28 heavy (non-hydrogen) atoms. The maximum Gasteiger partial charge on any atom is 0.273 e. The third-order valence-corrected chi connectivity index (χ3v) is 4.69. The highest BCUT2D eigenvalue weighted by Gasteiger charge is 2.20. The molecule has 0 radical (unpaired) electrons. The number of aryl methyl sites for hydroxylation is 1. The van der Waals surface area contributed by atoms with E-state index in [0.717, 1.165) is 5.56 Å². The van der Waals surface area contributed by atoms with E-state index < -0.39 is 0 Å². The second kappa shape index (κ2) is 9.13. The minimum atomic E-state index is -0.0970. The molecule has 5 nitrogen and oxygen atoms in total. The van der Waals surface area contributed by atoms with Crippen LogP contribution in [-0.2, 0) is 13.1 Å². The number of hydrogen-bond donors (Lipinski definition) is 1. The number of carbonyl (C=O) groups is 1. The molecule has 0 aliphatic rings. The van der Waals surface area contributed by atoms with E-state index in [1.54, 1.807) is 6.07 Å². The number of aromatic nitrogens is 2. The third kappa shape index (κ3) is 4.94. The fraction of sp³-hybridized carbons (Fsp3) is 0.261. The first-order chi connectivity index (χ1) is 13.5. The lowest BCUT2D eigenvalue weighted by molar-refractivity contribution is 0.0684. The first-order valence-electron chi connectivity index (χ1n) is 9.50. The molecule has 1 aromatic heterocycles. The molecule has 0 aliphatic carbocycles. The van der Waals surface area contributed by atoms with Crippen LogP contribution in [0.25, 0.3) is 0 Å². The van der Waals surface area contributed by atoms with Crippen molar-refractivity contribution in [1.82, 2.24) is 14.9 Å². The van der Waals surface area contributed by atoms with E-state index in [2.05, 4.69) is 34.3 Å². The molecule has 5 heteroatoms. The summed E-state index contributed by atoms with van der Waals surface area (Å²) in [7, 11) is 0. The molecule has 0 bridgehead atoms. The summed E-state index contributed by atoms with van der Waals surface area (Å²) in [6, 6.07) is 20.0. The first-order valence-corrected chi connectivity index (χ1v) is 9.50. The maximum atomic E-state index is 13.1. The Kier molecular flexibility index (Phi) is 6.37. The van der Waals surface area contributed by atoms with Crippen LogP contribution in [0.15, 0.2) is 67.0 Å². The maximum absolute atomic E-state index is 13.1. The molecule has 0 unspecified atom stereocenters. The largest absolute Gasteiger partial charge is 0.366 e. The number of nitrogens with zero attached hydrogens (tertiary/aromatic N) is 3. The molecule has 0 atom stereocenters. The van der Waals surface area contributed by atoms with Crippen LogP contribution >= 0.6 is 0 Å². The van der Waals surface area contributed by atoms with Gasteiger partial charge in [0.1, 0.15) is 17.8 Å². The molecule has 0 saturated heterocycles. The van der Waals surface area contributed by atoms with Crippen LogP contribution in [0.4, 0.5) is 5.82 Å². The van der Waals surface area contributed by atoms with Crippen LogP contribution in [0.5, 0.6) is 0 Å². The molecule has 0 aliphatic heterocycles. The van der Waals surface area contributed by atoms with Crippen molar-refractivity contribution in [1.29, 1.82) is 0 Å². The van der Waals surface area contributed by atoms with Gasteiger partial charge >= 0.3 is 0 Å². The quantitative estimate of drug-likeness (QED) is 0.664. The summed E-state index contributed by atoms with van der Waals surface area (Å²) >= 11 is 0. The molecule has 2 aromatic carbocycles. The molecule has 0 spiro atoms. The van der Waals surface area contributed by atoms with Crippen molar-refractivity contribution in [2.45, 2.75) is 39.9 Å². The number of anilines is 1. The minimum Gasteiger partial charge on any atom is -0.366 e. The molecule has 1 N–H and O–H groups in total. The van der Waals surface area contributed by atoms with Crippen molar-refractivity contribution in [2.24, 2.45) is 0 Å². The normalized spacial score (nSPS) is 10.7. The van der Waals surface area contributed by atoms with Gasteiger partial charge in [0.2, 0.25) is 0 Å². The van der Waals surface area contributed by atoms with Gasteiger partial charge in [-0.3, -0.25) is 4.79 Å². The second-order valence-electron chi connectivity index (χ2n) is 7.08. The van der Waals surface area contributed by atoms with Crippen molar-refractivity contribution in [3.8, 4) is 0 Å². The summed E-state index contributed by atoms with van der Waals surface area (Å²) in [5, 5.41) is 3.29. The second-order valence-corrected chi connectivity index (χ2v) is 7.08. The van der Waals surface area contributed by atoms with Gasteiger partial charge in [-0.25, -0.2) is 9.97 Å². The standard InChI is InChI=1S/C23H26N4O/c1-17(2)27(15-19-10-5-4-6-11-19)23(28)21-13-22(26-16-25-21)24-14-20-12-8-7-9-18(20)3/h4-13,16-17H,14-15H2,1-3H3,(H,24,25,26). The zero-order chi connectivity index (χ0) is 19.9. The van der Waals surface area contributed by atoms with Crippen molar-refractivity contribution in [3.63, 3.8) is 0 Å². The van der Waals surface area contributed by atoms with Crippen molar-refractivity contribution >= 4 is 11.7 Å². The zero-order valence-corrected chi connectivity index (χ0v) is 16.6. The topological polar surface area (TPSA) is 58.1 Å². The average molecular weight is 374 g/mol. The Morgan fingerprint density at radius 3 is 2.46 bits per heavy atom. The third-order valence-electron chi connectivity index (χ3n) is 4.69. The Labute approximate surface area is 166 Å². The van der Waals surface area contributed by atoms with Crippen molar-refractivity contribution < 1.29 is 4.79 Å².